The Balaban J connectivity index is 1.51. The number of aryl methyl sites for hydroxylation is 1. The summed E-state index contributed by atoms with van der Waals surface area (Å²) in [4.78, 5) is 12.8. The number of anilines is 1. The molecule has 1 N–H and O–H groups in total. The normalized spacial score (nSPS) is 14.8. The molecular formula is C22H23N3OS2. The van der Waals surface area contributed by atoms with Crippen molar-refractivity contribution >= 4 is 35.1 Å². The standard InChI is InChI=1S/C22H23N3OS2/c1-15-20(16(2)25(24-15)19-7-4-3-5-8-19)23-21(26)17-9-11-18(12-10-17)22-27-13-6-14-28-22/h3-5,7-12,22H,6,13-14H2,1-2H3,(H,23,26). The SMILES string of the molecule is Cc1nn(-c2ccccc2)c(C)c1NC(=O)c1ccc(C2SCCCS2)cc1. The lowest BCUT2D eigenvalue weighted by Crippen LogP contribution is -2.13. The molecule has 0 aliphatic carbocycles. The second kappa shape index (κ2) is 8.45. The lowest BCUT2D eigenvalue weighted by atomic mass is 10.1. The molecule has 4 nitrogen and oxygen atoms in total. The number of benzene rings is 2. The topological polar surface area (TPSA) is 46.9 Å². The van der Waals surface area contributed by atoms with Crippen LogP contribution in [-0.2, 0) is 0 Å². The van der Waals surface area contributed by atoms with Crippen LogP contribution in [0.4, 0.5) is 5.69 Å². The highest BCUT2D eigenvalue weighted by molar-refractivity contribution is 8.16. The monoisotopic (exact) mass is 409 g/mol. The Hall–Kier alpha value is -2.18. The van der Waals surface area contributed by atoms with Crippen molar-refractivity contribution in [2.75, 3.05) is 16.8 Å². The lowest BCUT2D eigenvalue weighted by molar-refractivity contribution is 0.102. The predicted octanol–water partition coefficient (Wildman–Crippen LogP) is 5.61. The summed E-state index contributed by atoms with van der Waals surface area (Å²) >= 11 is 3.98. The molecular weight excluding hydrogens is 386 g/mol. The lowest BCUT2D eigenvalue weighted by Gasteiger charge is -2.21. The van der Waals surface area contributed by atoms with E-state index in [9.17, 15) is 4.79 Å². The van der Waals surface area contributed by atoms with Crippen molar-refractivity contribution in [3.8, 4) is 5.69 Å². The van der Waals surface area contributed by atoms with E-state index in [1.54, 1.807) is 0 Å². The molecule has 1 fully saturated rings. The summed E-state index contributed by atoms with van der Waals surface area (Å²) in [5.41, 5.74) is 5.44. The number of para-hydroxylation sites is 1. The molecule has 6 heteroatoms. The molecule has 4 rings (SSSR count). The maximum Gasteiger partial charge on any atom is 0.255 e. The van der Waals surface area contributed by atoms with Crippen molar-refractivity contribution in [2.45, 2.75) is 24.9 Å². The molecule has 2 heterocycles. The van der Waals surface area contributed by atoms with Gasteiger partial charge in [0.15, 0.2) is 0 Å². The number of rotatable bonds is 4. The highest BCUT2D eigenvalue weighted by atomic mass is 32.2. The van der Waals surface area contributed by atoms with E-state index in [1.165, 1.54) is 23.5 Å². The van der Waals surface area contributed by atoms with Crippen molar-refractivity contribution in [3.63, 3.8) is 0 Å². The first-order valence-corrected chi connectivity index (χ1v) is 11.5. The minimum Gasteiger partial charge on any atom is -0.319 e. The van der Waals surface area contributed by atoms with E-state index in [1.807, 2.05) is 84.5 Å². The molecule has 1 aromatic heterocycles. The maximum atomic E-state index is 12.8. The van der Waals surface area contributed by atoms with Crippen LogP contribution in [0.25, 0.3) is 5.69 Å². The molecule has 0 spiro atoms. The van der Waals surface area contributed by atoms with Crippen molar-refractivity contribution in [3.05, 3.63) is 77.1 Å². The number of carbonyl (C=O) groups excluding carboxylic acids is 1. The van der Waals surface area contributed by atoms with E-state index in [2.05, 4.69) is 22.5 Å². The van der Waals surface area contributed by atoms with Gasteiger partial charge in [-0.15, -0.1) is 23.5 Å². The van der Waals surface area contributed by atoms with Crippen LogP contribution < -0.4 is 5.32 Å². The molecule has 1 aliphatic heterocycles. The Morgan fingerprint density at radius 2 is 1.71 bits per heavy atom. The zero-order valence-corrected chi connectivity index (χ0v) is 17.6. The molecule has 28 heavy (non-hydrogen) atoms. The van der Waals surface area contributed by atoms with Gasteiger partial charge in [0.05, 0.1) is 27.3 Å². The first-order chi connectivity index (χ1) is 13.6. The fraction of sp³-hybridized carbons (Fsp3) is 0.273. The number of hydrogen-bond acceptors (Lipinski definition) is 4. The molecule has 2 aromatic carbocycles. The first kappa shape index (κ1) is 19.2. The van der Waals surface area contributed by atoms with Crippen LogP contribution in [0.3, 0.4) is 0 Å². The fourth-order valence-corrected chi connectivity index (χ4v) is 6.20. The zero-order valence-electron chi connectivity index (χ0n) is 16.0. The average molecular weight is 410 g/mol. The van der Waals surface area contributed by atoms with Crippen molar-refractivity contribution in [1.29, 1.82) is 0 Å². The largest absolute Gasteiger partial charge is 0.319 e. The molecule has 0 bridgehead atoms. The molecule has 0 saturated carbocycles. The molecule has 1 saturated heterocycles. The third kappa shape index (κ3) is 3.98. The van der Waals surface area contributed by atoms with Gasteiger partial charge in [0.25, 0.3) is 5.91 Å². The highest BCUT2D eigenvalue weighted by Crippen LogP contribution is 2.43. The van der Waals surface area contributed by atoms with Crippen LogP contribution >= 0.6 is 23.5 Å². The van der Waals surface area contributed by atoms with Gasteiger partial charge >= 0.3 is 0 Å². The van der Waals surface area contributed by atoms with Gasteiger partial charge in [-0.2, -0.15) is 5.10 Å². The van der Waals surface area contributed by atoms with E-state index < -0.39 is 0 Å². The molecule has 144 valence electrons. The van der Waals surface area contributed by atoms with Crippen LogP contribution in [0.15, 0.2) is 54.6 Å². The van der Waals surface area contributed by atoms with E-state index in [0.29, 0.717) is 10.1 Å². The Bertz CT molecular complexity index is 961. The third-order valence-corrected chi connectivity index (χ3v) is 7.82. The minimum absolute atomic E-state index is 0.102. The summed E-state index contributed by atoms with van der Waals surface area (Å²) in [5.74, 6) is 2.32. The van der Waals surface area contributed by atoms with Crippen LogP contribution in [0.2, 0.25) is 0 Å². The predicted molar refractivity (Wildman–Crippen MR) is 120 cm³/mol. The maximum absolute atomic E-state index is 12.8. The number of amides is 1. The zero-order chi connectivity index (χ0) is 19.5. The van der Waals surface area contributed by atoms with Gasteiger partial charge in [-0.1, -0.05) is 30.3 Å². The van der Waals surface area contributed by atoms with E-state index in [4.69, 9.17) is 0 Å². The number of nitrogens with one attached hydrogen (secondary N) is 1. The summed E-state index contributed by atoms with van der Waals surface area (Å²) in [6.45, 7) is 3.89. The Morgan fingerprint density at radius 1 is 1.04 bits per heavy atom. The van der Waals surface area contributed by atoms with E-state index in [0.717, 1.165) is 22.8 Å². The highest BCUT2D eigenvalue weighted by Gasteiger charge is 2.18. The summed E-state index contributed by atoms with van der Waals surface area (Å²) in [6, 6.07) is 18.0. The Kier molecular flexibility index (Phi) is 5.78. The van der Waals surface area contributed by atoms with Crippen LogP contribution in [0, 0.1) is 13.8 Å². The van der Waals surface area contributed by atoms with Crippen LogP contribution in [-0.4, -0.2) is 27.2 Å². The first-order valence-electron chi connectivity index (χ1n) is 9.39. The van der Waals surface area contributed by atoms with Gasteiger partial charge in [-0.25, -0.2) is 4.68 Å². The molecule has 1 amide bonds. The Morgan fingerprint density at radius 3 is 2.39 bits per heavy atom. The van der Waals surface area contributed by atoms with Gasteiger partial charge in [-0.3, -0.25) is 4.79 Å². The second-order valence-electron chi connectivity index (χ2n) is 6.80. The molecule has 1 aliphatic rings. The molecule has 0 atom stereocenters. The number of hydrogen-bond donors (Lipinski definition) is 1. The minimum atomic E-state index is -0.102. The van der Waals surface area contributed by atoms with Crippen molar-refractivity contribution in [2.24, 2.45) is 0 Å². The third-order valence-electron chi connectivity index (χ3n) is 4.80. The molecule has 0 unspecified atom stereocenters. The molecule has 3 aromatic rings. The summed E-state index contributed by atoms with van der Waals surface area (Å²) in [7, 11) is 0. The average Bonchev–Trinajstić information content (AvgIpc) is 3.03. The van der Waals surface area contributed by atoms with Crippen molar-refractivity contribution in [1.82, 2.24) is 9.78 Å². The van der Waals surface area contributed by atoms with E-state index >= 15 is 0 Å². The summed E-state index contributed by atoms with van der Waals surface area (Å²) < 4.78 is 2.35. The smallest absolute Gasteiger partial charge is 0.255 e. The van der Waals surface area contributed by atoms with Gasteiger partial charge in [0.1, 0.15) is 0 Å². The number of nitrogens with zero attached hydrogens (tertiary/aromatic N) is 2. The second-order valence-corrected chi connectivity index (χ2v) is 9.52. The summed E-state index contributed by atoms with van der Waals surface area (Å²) in [6.07, 6.45) is 1.28. The van der Waals surface area contributed by atoms with E-state index in [-0.39, 0.29) is 5.91 Å². The van der Waals surface area contributed by atoms with Crippen molar-refractivity contribution < 1.29 is 4.79 Å². The number of aromatic nitrogens is 2. The van der Waals surface area contributed by atoms with Gasteiger partial charge in [0.2, 0.25) is 0 Å². The fourth-order valence-electron chi connectivity index (χ4n) is 3.30. The van der Waals surface area contributed by atoms with Gasteiger partial charge in [0, 0.05) is 5.56 Å². The number of carbonyl (C=O) groups is 1. The van der Waals surface area contributed by atoms with Crippen LogP contribution in [0.1, 0.15) is 38.3 Å². The van der Waals surface area contributed by atoms with Crippen LogP contribution in [0.5, 0.6) is 0 Å². The van der Waals surface area contributed by atoms with Gasteiger partial charge in [-0.05, 0) is 61.6 Å². The Labute approximate surface area is 174 Å². The quantitative estimate of drug-likeness (QED) is 0.608. The number of thioether (sulfide) groups is 2. The van der Waals surface area contributed by atoms with Gasteiger partial charge < -0.3 is 5.32 Å². The molecule has 0 radical (unpaired) electrons. The summed E-state index contributed by atoms with van der Waals surface area (Å²) in [5, 5.41) is 7.65.